The van der Waals surface area contributed by atoms with E-state index in [4.69, 9.17) is 19.2 Å². The van der Waals surface area contributed by atoms with Crippen LogP contribution in [0.15, 0.2) is 54.7 Å². The van der Waals surface area contributed by atoms with Gasteiger partial charge in [-0.1, -0.05) is 43.4 Å². The second-order valence-electron chi connectivity index (χ2n) is 7.97. The molecule has 0 radical (unpaired) electrons. The maximum Gasteiger partial charge on any atom is 0.260 e. The van der Waals surface area contributed by atoms with Crippen LogP contribution in [0.2, 0.25) is 0 Å². The first kappa shape index (κ1) is 23.5. The van der Waals surface area contributed by atoms with Crippen molar-refractivity contribution in [1.82, 2.24) is 9.97 Å². The summed E-state index contributed by atoms with van der Waals surface area (Å²) in [5.74, 6) is 1.33. The predicted molar refractivity (Wildman–Crippen MR) is 135 cm³/mol. The Balaban J connectivity index is 1.84. The van der Waals surface area contributed by atoms with Gasteiger partial charge < -0.3 is 14.2 Å². The smallest absolute Gasteiger partial charge is 0.260 e. The van der Waals surface area contributed by atoms with Crippen LogP contribution in [0, 0.1) is 0 Å². The molecule has 0 spiro atoms. The minimum Gasteiger partial charge on any atom is -0.493 e. The molecule has 0 atom stereocenters. The average molecular weight is 478 g/mol. The van der Waals surface area contributed by atoms with Gasteiger partial charge in [0.15, 0.2) is 16.6 Å². The van der Waals surface area contributed by atoms with Crippen LogP contribution in [-0.2, 0) is 6.54 Å². The van der Waals surface area contributed by atoms with Crippen molar-refractivity contribution in [1.29, 1.82) is 0 Å². The fourth-order valence-corrected chi connectivity index (χ4v) is 4.78. The van der Waals surface area contributed by atoms with Crippen molar-refractivity contribution in [2.75, 3.05) is 26.2 Å². The van der Waals surface area contributed by atoms with Crippen LogP contribution in [0.25, 0.3) is 10.2 Å². The number of nitrogens with zero attached hydrogens (tertiary/aromatic N) is 3. The normalized spacial score (nSPS) is 11.0. The number of rotatable bonds is 8. The van der Waals surface area contributed by atoms with E-state index in [0.717, 1.165) is 21.5 Å². The van der Waals surface area contributed by atoms with Gasteiger partial charge in [0.2, 0.25) is 5.75 Å². The first-order valence-electron chi connectivity index (χ1n) is 10.9. The summed E-state index contributed by atoms with van der Waals surface area (Å²) in [5, 5.41) is 0.604. The first-order valence-corrected chi connectivity index (χ1v) is 11.7. The highest BCUT2D eigenvalue weighted by Crippen LogP contribution is 2.40. The van der Waals surface area contributed by atoms with Gasteiger partial charge in [-0.25, -0.2) is 4.98 Å². The zero-order chi connectivity index (χ0) is 24.2. The second kappa shape index (κ2) is 10.1. The van der Waals surface area contributed by atoms with Gasteiger partial charge in [0.05, 0.1) is 43.8 Å². The summed E-state index contributed by atoms with van der Waals surface area (Å²) in [6.07, 6.45) is 1.71. The lowest BCUT2D eigenvalue weighted by atomic mass is 10.0. The molecule has 2 heterocycles. The van der Waals surface area contributed by atoms with Gasteiger partial charge in [-0.05, 0) is 41.8 Å². The first-order chi connectivity index (χ1) is 16.5. The number of hydrogen-bond acceptors (Lipinski definition) is 7. The summed E-state index contributed by atoms with van der Waals surface area (Å²) < 4.78 is 17.4. The van der Waals surface area contributed by atoms with E-state index in [1.165, 1.54) is 32.7 Å². The summed E-state index contributed by atoms with van der Waals surface area (Å²) >= 11 is 1.49. The summed E-state index contributed by atoms with van der Waals surface area (Å²) in [7, 11) is 4.58. The predicted octanol–water partition coefficient (Wildman–Crippen LogP) is 5.69. The molecule has 0 aliphatic heterocycles. The zero-order valence-electron chi connectivity index (χ0n) is 19.9. The number of anilines is 1. The molecule has 4 rings (SSSR count). The number of fused-ring (bicyclic) bond motifs is 1. The van der Waals surface area contributed by atoms with Crippen molar-refractivity contribution in [3.8, 4) is 17.2 Å². The molecular formula is C26H27N3O4S. The Kier molecular flexibility index (Phi) is 6.98. The highest BCUT2D eigenvalue weighted by Gasteiger charge is 2.26. The van der Waals surface area contributed by atoms with Crippen LogP contribution in [0.5, 0.6) is 17.2 Å². The Morgan fingerprint density at radius 2 is 1.74 bits per heavy atom. The van der Waals surface area contributed by atoms with Gasteiger partial charge in [0.1, 0.15) is 0 Å². The molecule has 0 saturated heterocycles. The molecule has 176 valence electrons. The third-order valence-electron chi connectivity index (χ3n) is 5.49. The van der Waals surface area contributed by atoms with Crippen LogP contribution >= 0.6 is 11.3 Å². The van der Waals surface area contributed by atoms with Crippen molar-refractivity contribution >= 4 is 32.6 Å². The van der Waals surface area contributed by atoms with Gasteiger partial charge in [-0.3, -0.25) is 14.7 Å². The molecule has 0 unspecified atom stereocenters. The lowest BCUT2D eigenvalue weighted by Crippen LogP contribution is -2.30. The maximum absolute atomic E-state index is 13.9. The molecule has 1 amide bonds. The van der Waals surface area contributed by atoms with Crippen molar-refractivity contribution in [2.45, 2.75) is 26.3 Å². The Labute approximate surface area is 202 Å². The van der Waals surface area contributed by atoms with Crippen molar-refractivity contribution < 1.29 is 19.0 Å². The van der Waals surface area contributed by atoms with Crippen LogP contribution in [0.1, 0.15) is 41.4 Å². The number of pyridine rings is 1. The number of amides is 1. The number of carbonyl (C=O) groups is 1. The van der Waals surface area contributed by atoms with E-state index in [1.54, 1.807) is 23.2 Å². The monoisotopic (exact) mass is 477 g/mol. The fourth-order valence-electron chi connectivity index (χ4n) is 3.78. The molecule has 4 aromatic rings. The highest BCUT2D eigenvalue weighted by molar-refractivity contribution is 7.22. The molecule has 2 aromatic heterocycles. The topological polar surface area (TPSA) is 73.8 Å². The third kappa shape index (κ3) is 4.54. The largest absolute Gasteiger partial charge is 0.493 e. The molecule has 7 nitrogen and oxygen atoms in total. The lowest BCUT2D eigenvalue weighted by Gasteiger charge is -2.21. The molecule has 0 saturated carbocycles. The van der Waals surface area contributed by atoms with E-state index >= 15 is 0 Å². The quantitative estimate of drug-likeness (QED) is 0.325. The Morgan fingerprint density at radius 1 is 1.00 bits per heavy atom. The van der Waals surface area contributed by atoms with Crippen LogP contribution < -0.4 is 19.1 Å². The van der Waals surface area contributed by atoms with E-state index < -0.39 is 0 Å². The van der Waals surface area contributed by atoms with Crippen LogP contribution in [0.4, 0.5) is 5.13 Å². The maximum atomic E-state index is 13.9. The molecular weight excluding hydrogens is 450 g/mol. The molecule has 0 aliphatic rings. The molecule has 0 bridgehead atoms. The minimum absolute atomic E-state index is 0.241. The van der Waals surface area contributed by atoms with E-state index in [2.05, 4.69) is 24.9 Å². The van der Waals surface area contributed by atoms with Crippen molar-refractivity contribution in [2.24, 2.45) is 0 Å². The summed E-state index contributed by atoms with van der Waals surface area (Å²) in [6.45, 7) is 4.55. The van der Waals surface area contributed by atoms with E-state index in [9.17, 15) is 4.79 Å². The standard InChI is InChI=1S/C26H27N3O4S/c1-16(2)19-10-8-11-22-23(19)28-26(34-22)29(15-18-9-6-7-12-27-18)25(30)17-13-20(31-3)24(33-5)21(14-17)32-4/h6-14,16H,15H2,1-5H3. The number of para-hydroxylation sites is 1. The molecule has 8 heteroatoms. The summed E-state index contributed by atoms with van der Waals surface area (Å²) in [6, 6.07) is 15.1. The van der Waals surface area contributed by atoms with Crippen LogP contribution in [0.3, 0.4) is 0 Å². The molecule has 2 aromatic carbocycles. The van der Waals surface area contributed by atoms with Crippen molar-refractivity contribution in [3.05, 3.63) is 71.5 Å². The second-order valence-corrected chi connectivity index (χ2v) is 8.98. The summed E-state index contributed by atoms with van der Waals surface area (Å²) in [4.78, 5) is 24.9. The Bertz CT molecular complexity index is 1280. The third-order valence-corrected chi connectivity index (χ3v) is 6.54. The van der Waals surface area contributed by atoms with Gasteiger partial charge in [0.25, 0.3) is 5.91 Å². The molecule has 0 fully saturated rings. The van der Waals surface area contributed by atoms with E-state index in [-0.39, 0.29) is 12.5 Å². The average Bonchev–Trinajstić information content (AvgIpc) is 3.30. The number of carbonyl (C=O) groups excluding carboxylic acids is 1. The van der Waals surface area contributed by atoms with Gasteiger partial charge >= 0.3 is 0 Å². The SMILES string of the molecule is COc1cc(C(=O)N(Cc2ccccn2)c2nc3c(C(C)C)cccc3s2)cc(OC)c1OC. The number of ether oxygens (including phenoxy) is 3. The number of aromatic nitrogens is 2. The number of benzene rings is 2. The van der Waals surface area contributed by atoms with E-state index in [0.29, 0.717) is 33.9 Å². The zero-order valence-corrected chi connectivity index (χ0v) is 20.7. The van der Waals surface area contributed by atoms with Gasteiger partial charge in [-0.15, -0.1) is 0 Å². The highest BCUT2D eigenvalue weighted by atomic mass is 32.1. The molecule has 0 aliphatic carbocycles. The van der Waals surface area contributed by atoms with E-state index in [1.807, 2.05) is 30.3 Å². The van der Waals surface area contributed by atoms with Gasteiger partial charge in [0, 0.05) is 11.8 Å². The number of methoxy groups -OCH3 is 3. The number of thiazole rings is 1. The fraction of sp³-hybridized carbons (Fsp3) is 0.269. The Morgan fingerprint density at radius 3 is 2.32 bits per heavy atom. The summed E-state index contributed by atoms with van der Waals surface area (Å²) in [5.41, 5.74) is 3.22. The number of hydrogen-bond donors (Lipinski definition) is 0. The molecule has 0 N–H and O–H groups in total. The van der Waals surface area contributed by atoms with Crippen molar-refractivity contribution in [3.63, 3.8) is 0 Å². The Hall–Kier alpha value is -3.65. The van der Waals surface area contributed by atoms with Crippen LogP contribution in [-0.4, -0.2) is 37.2 Å². The molecule has 34 heavy (non-hydrogen) atoms. The minimum atomic E-state index is -0.241. The van der Waals surface area contributed by atoms with Gasteiger partial charge in [-0.2, -0.15) is 0 Å². The lowest BCUT2D eigenvalue weighted by molar-refractivity contribution is 0.0984.